The molecule has 8 nitrogen and oxygen atoms in total. The second-order valence-corrected chi connectivity index (χ2v) is 5.58. The zero-order valence-corrected chi connectivity index (χ0v) is 15.6. The molecule has 0 unspecified atom stereocenters. The summed E-state index contributed by atoms with van der Waals surface area (Å²) in [4.78, 5) is 27.1. The highest BCUT2D eigenvalue weighted by molar-refractivity contribution is 5.88. The van der Waals surface area contributed by atoms with Gasteiger partial charge in [-0.05, 0) is 25.8 Å². The molecule has 1 aromatic rings. The molecule has 8 heteroatoms. The van der Waals surface area contributed by atoms with E-state index in [1.807, 2.05) is 0 Å². The van der Waals surface area contributed by atoms with E-state index in [4.69, 9.17) is 14.2 Å². The fourth-order valence-electron chi connectivity index (χ4n) is 2.13. The first kappa shape index (κ1) is 21.7. The molecule has 2 amide bonds. The number of nitrogens with one attached hydrogen (secondary N) is 2. The zero-order chi connectivity index (χ0) is 19.0. The van der Waals surface area contributed by atoms with E-state index < -0.39 is 0 Å². The predicted molar refractivity (Wildman–Crippen MR) is 98.3 cm³/mol. The Labute approximate surface area is 154 Å². The summed E-state index contributed by atoms with van der Waals surface area (Å²) in [6.07, 6.45) is 5.57. The van der Waals surface area contributed by atoms with Gasteiger partial charge < -0.3 is 24.8 Å². The minimum atomic E-state index is -0.272. The van der Waals surface area contributed by atoms with E-state index >= 15 is 0 Å². The van der Waals surface area contributed by atoms with Gasteiger partial charge in [-0.2, -0.15) is 0 Å². The molecular formula is C18H29N3O5. The molecule has 0 aliphatic rings. The van der Waals surface area contributed by atoms with Crippen LogP contribution in [0.3, 0.4) is 0 Å². The fraction of sp³-hybridized carbons (Fsp3) is 0.611. The highest BCUT2D eigenvalue weighted by atomic mass is 16.5. The Morgan fingerprint density at radius 1 is 1.12 bits per heavy atom. The van der Waals surface area contributed by atoms with Crippen molar-refractivity contribution < 1.29 is 23.8 Å². The Balaban J connectivity index is 2.08. The van der Waals surface area contributed by atoms with Crippen LogP contribution in [-0.4, -0.2) is 50.5 Å². The van der Waals surface area contributed by atoms with Gasteiger partial charge in [-0.25, -0.2) is 9.78 Å². The van der Waals surface area contributed by atoms with Crippen LogP contribution in [0.1, 0.15) is 39.0 Å². The fourth-order valence-corrected chi connectivity index (χ4v) is 2.13. The van der Waals surface area contributed by atoms with Crippen LogP contribution in [0.5, 0.6) is 5.88 Å². The van der Waals surface area contributed by atoms with E-state index in [0.29, 0.717) is 44.4 Å². The van der Waals surface area contributed by atoms with Crippen LogP contribution < -0.4 is 15.4 Å². The molecule has 0 aliphatic heterocycles. The molecular weight excluding hydrogens is 338 g/mol. The van der Waals surface area contributed by atoms with Crippen molar-refractivity contribution in [2.45, 2.75) is 39.0 Å². The third kappa shape index (κ3) is 10.5. The van der Waals surface area contributed by atoms with Gasteiger partial charge in [-0.1, -0.05) is 12.8 Å². The van der Waals surface area contributed by atoms with Gasteiger partial charge in [0.2, 0.25) is 5.88 Å². The average Bonchev–Trinajstić information content (AvgIpc) is 2.63. The molecule has 26 heavy (non-hydrogen) atoms. The number of hydrogen-bond donors (Lipinski definition) is 2. The second-order valence-electron chi connectivity index (χ2n) is 5.58. The molecule has 0 aromatic carbocycles. The second kappa shape index (κ2) is 13.9. The number of unbranched alkanes of at least 4 members (excludes halogenated alkanes) is 3. The average molecular weight is 367 g/mol. The van der Waals surface area contributed by atoms with Crippen molar-refractivity contribution in [1.82, 2.24) is 10.3 Å². The number of aromatic nitrogens is 1. The molecule has 2 N–H and O–H groups in total. The molecule has 0 atom stereocenters. The van der Waals surface area contributed by atoms with E-state index in [-0.39, 0.29) is 12.0 Å². The Morgan fingerprint density at radius 3 is 2.62 bits per heavy atom. The van der Waals surface area contributed by atoms with Gasteiger partial charge in [-0.15, -0.1) is 0 Å². The molecule has 146 valence electrons. The van der Waals surface area contributed by atoms with Crippen LogP contribution in [-0.2, 0) is 14.3 Å². The van der Waals surface area contributed by atoms with Crippen LogP contribution in [0.25, 0.3) is 0 Å². The maximum Gasteiger partial charge on any atom is 0.319 e. The lowest BCUT2D eigenvalue weighted by atomic mass is 10.1. The maximum absolute atomic E-state index is 11.8. The number of esters is 1. The molecule has 0 saturated heterocycles. The lowest BCUT2D eigenvalue weighted by molar-refractivity contribution is -0.143. The first-order chi connectivity index (χ1) is 12.7. The molecule has 1 aromatic heterocycles. The first-order valence-electron chi connectivity index (χ1n) is 8.94. The third-order valence-corrected chi connectivity index (χ3v) is 3.43. The maximum atomic E-state index is 11.8. The van der Waals surface area contributed by atoms with E-state index in [9.17, 15) is 9.59 Å². The van der Waals surface area contributed by atoms with E-state index in [1.165, 1.54) is 6.20 Å². The summed E-state index contributed by atoms with van der Waals surface area (Å²) in [7, 11) is 1.60. The lowest BCUT2D eigenvalue weighted by Gasteiger charge is -2.08. The number of rotatable bonds is 13. The number of carbonyl (C=O) groups is 2. The van der Waals surface area contributed by atoms with Gasteiger partial charge in [0.15, 0.2) is 0 Å². The number of urea groups is 1. The minimum absolute atomic E-state index is 0.145. The normalized spacial score (nSPS) is 10.2. The largest absolute Gasteiger partial charge is 0.475 e. The number of amides is 2. The van der Waals surface area contributed by atoms with Gasteiger partial charge in [0.25, 0.3) is 0 Å². The van der Waals surface area contributed by atoms with Crippen molar-refractivity contribution in [3.05, 3.63) is 18.3 Å². The summed E-state index contributed by atoms with van der Waals surface area (Å²) in [5.74, 6) is 0.338. The quantitative estimate of drug-likeness (QED) is 0.411. The molecule has 1 heterocycles. The number of hydrogen-bond acceptors (Lipinski definition) is 6. The number of pyridine rings is 1. The highest BCUT2D eigenvalue weighted by Gasteiger charge is 2.03. The predicted octanol–water partition coefficient (Wildman–Crippen LogP) is 2.74. The zero-order valence-electron chi connectivity index (χ0n) is 15.6. The first-order valence-corrected chi connectivity index (χ1v) is 8.94. The molecule has 1 rings (SSSR count). The van der Waals surface area contributed by atoms with Gasteiger partial charge in [0, 0.05) is 26.1 Å². The van der Waals surface area contributed by atoms with E-state index in [0.717, 1.165) is 25.7 Å². The van der Waals surface area contributed by atoms with E-state index in [2.05, 4.69) is 15.6 Å². The summed E-state index contributed by atoms with van der Waals surface area (Å²) in [5, 5.41) is 5.50. The van der Waals surface area contributed by atoms with E-state index in [1.54, 1.807) is 26.2 Å². The number of nitrogens with zero attached hydrogens (tertiary/aromatic N) is 1. The Bertz CT molecular complexity index is 522. The Hall–Kier alpha value is -2.35. The third-order valence-electron chi connectivity index (χ3n) is 3.43. The molecule has 0 radical (unpaired) electrons. The summed E-state index contributed by atoms with van der Waals surface area (Å²) in [6.45, 7) is 3.73. The highest BCUT2D eigenvalue weighted by Crippen LogP contribution is 2.11. The summed E-state index contributed by atoms with van der Waals surface area (Å²) < 4.78 is 15.1. The summed E-state index contributed by atoms with van der Waals surface area (Å²) >= 11 is 0. The van der Waals surface area contributed by atoms with Gasteiger partial charge >= 0.3 is 12.0 Å². The summed E-state index contributed by atoms with van der Waals surface area (Å²) in [6, 6.07) is 3.14. The number of ether oxygens (including phenoxy) is 3. The Morgan fingerprint density at radius 2 is 1.92 bits per heavy atom. The monoisotopic (exact) mass is 367 g/mol. The SMILES string of the molecule is CCOC(=O)CCCCCCNC(=O)Nc1ccc(OCCOC)nc1. The van der Waals surface area contributed by atoms with Crippen LogP contribution in [0.4, 0.5) is 10.5 Å². The standard InChI is InChI=1S/C18H29N3O5/c1-3-25-17(22)8-6-4-5-7-11-19-18(23)21-15-9-10-16(20-14-15)26-13-12-24-2/h9-10,14H,3-8,11-13H2,1-2H3,(H2,19,21,23). The Kier molecular flexibility index (Phi) is 11.6. The van der Waals surface area contributed by atoms with Crippen molar-refractivity contribution in [2.75, 3.05) is 38.8 Å². The minimum Gasteiger partial charge on any atom is -0.475 e. The van der Waals surface area contributed by atoms with Crippen molar-refractivity contribution in [3.8, 4) is 5.88 Å². The number of anilines is 1. The smallest absolute Gasteiger partial charge is 0.319 e. The van der Waals surface area contributed by atoms with Crippen molar-refractivity contribution in [2.24, 2.45) is 0 Å². The molecule has 0 fully saturated rings. The van der Waals surface area contributed by atoms with Crippen LogP contribution >= 0.6 is 0 Å². The van der Waals surface area contributed by atoms with Gasteiger partial charge in [0.05, 0.1) is 25.1 Å². The van der Waals surface area contributed by atoms with Gasteiger partial charge in [-0.3, -0.25) is 4.79 Å². The molecule has 0 spiro atoms. The molecule has 0 aliphatic carbocycles. The van der Waals surface area contributed by atoms with Crippen molar-refractivity contribution in [1.29, 1.82) is 0 Å². The summed E-state index contributed by atoms with van der Waals surface area (Å²) in [5.41, 5.74) is 0.594. The molecule has 0 saturated carbocycles. The molecule has 0 bridgehead atoms. The number of methoxy groups -OCH3 is 1. The van der Waals surface area contributed by atoms with Crippen molar-refractivity contribution in [3.63, 3.8) is 0 Å². The van der Waals surface area contributed by atoms with Gasteiger partial charge in [0.1, 0.15) is 6.61 Å². The topological polar surface area (TPSA) is 98.8 Å². The lowest BCUT2D eigenvalue weighted by Crippen LogP contribution is -2.29. The van der Waals surface area contributed by atoms with Crippen molar-refractivity contribution >= 4 is 17.7 Å². The van der Waals surface area contributed by atoms with Crippen LogP contribution in [0.2, 0.25) is 0 Å². The number of carbonyl (C=O) groups excluding carboxylic acids is 2. The van der Waals surface area contributed by atoms with Crippen LogP contribution in [0, 0.1) is 0 Å². The van der Waals surface area contributed by atoms with Crippen LogP contribution in [0.15, 0.2) is 18.3 Å².